The van der Waals surface area contributed by atoms with Gasteiger partial charge < -0.3 is 10.1 Å². The van der Waals surface area contributed by atoms with Gasteiger partial charge in [0.15, 0.2) is 0 Å². The zero-order chi connectivity index (χ0) is 17.4. The van der Waals surface area contributed by atoms with Crippen LogP contribution in [0.1, 0.15) is 12.5 Å². The molecular weight excluding hydrogens is 374 g/mol. The van der Waals surface area contributed by atoms with Gasteiger partial charge in [-0.2, -0.15) is 5.10 Å². The minimum absolute atomic E-state index is 0.518. The van der Waals surface area contributed by atoms with Gasteiger partial charge in [-0.1, -0.05) is 28.1 Å². The summed E-state index contributed by atoms with van der Waals surface area (Å²) < 4.78 is 6.32. The molecule has 0 unspecified atom stereocenters. The molecule has 0 aliphatic carbocycles. The molecule has 2 amide bonds. The Kier molecular flexibility index (Phi) is 6.51. The molecule has 0 aromatic heterocycles. The first-order chi connectivity index (χ1) is 11.6. The Morgan fingerprint density at radius 1 is 1.12 bits per heavy atom. The van der Waals surface area contributed by atoms with Crippen molar-refractivity contribution in [3.05, 3.63) is 58.6 Å². The number of benzene rings is 2. The van der Waals surface area contributed by atoms with Crippen LogP contribution < -0.4 is 15.5 Å². The number of ether oxygens (including phenoxy) is 1. The molecule has 0 saturated carbocycles. The van der Waals surface area contributed by atoms with Gasteiger partial charge in [-0.15, -0.1) is 0 Å². The summed E-state index contributed by atoms with van der Waals surface area (Å²) in [5.74, 6) is -1.01. The van der Waals surface area contributed by atoms with Crippen LogP contribution in [0.4, 0.5) is 5.69 Å². The van der Waals surface area contributed by atoms with Crippen LogP contribution in [0.25, 0.3) is 0 Å². The number of nitrogens with zero attached hydrogens (tertiary/aromatic N) is 1. The van der Waals surface area contributed by atoms with E-state index in [1.54, 1.807) is 36.4 Å². The van der Waals surface area contributed by atoms with E-state index < -0.39 is 11.8 Å². The van der Waals surface area contributed by atoms with E-state index in [1.807, 2.05) is 19.1 Å². The Balaban J connectivity index is 1.92. The second-order valence-electron chi connectivity index (χ2n) is 4.63. The maximum atomic E-state index is 11.8. The van der Waals surface area contributed by atoms with Crippen LogP contribution in [-0.4, -0.2) is 24.6 Å². The Hall–Kier alpha value is -2.67. The number of anilines is 1. The van der Waals surface area contributed by atoms with Gasteiger partial charge in [0, 0.05) is 15.7 Å². The van der Waals surface area contributed by atoms with Crippen LogP contribution in [0.5, 0.6) is 5.75 Å². The molecule has 2 aromatic rings. The normalized spacial score (nSPS) is 10.4. The highest BCUT2D eigenvalue weighted by Crippen LogP contribution is 2.15. The fourth-order valence-electron chi connectivity index (χ4n) is 1.81. The average Bonchev–Trinajstić information content (AvgIpc) is 2.58. The second kappa shape index (κ2) is 8.83. The van der Waals surface area contributed by atoms with Gasteiger partial charge in [-0.3, -0.25) is 9.59 Å². The quantitative estimate of drug-likeness (QED) is 0.468. The second-order valence-corrected chi connectivity index (χ2v) is 5.55. The number of para-hydroxylation sites is 1. The highest BCUT2D eigenvalue weighted by molar-refractivity contribution is 9.10. The molecule has 0 atom stereocenters. The van der Waals surface area contributed by atoms with Crippen LogP contribution in [0.3, 0.4) is 0 Å². The number of carbonyl (C=O) groups excluding carboxylic acids is 2. The summed E-state index contributed by atoms with van der Waals surface area (Å²) >= 11 is 3.29. The molecule has 24 heavy (non-hydrogen) atoms. The van der Waals surface area contributed by atoms with Crippen molar-refractivity contribution in [3.8, 4) is 5.75 Å². The first kappa shape index (κ1) is 17.7. The summed E-state index contributed by atoms with van der Waals surface area (Å²) in [4.78, 5) is 23.5. The van der Waals surface area contributed by atoms with E-state index in [4.69, 9.17) is 4.74 Å². The number of hydrazone groups is 1. The van der Waals surface area contributed by atoms with Gasteiger partial charge >= 0.3 is 11.8 Å². The molecule has 2 rings (SSSR count). The van der Waals surface area contributed by atoms with Crippen LogP contribution in [0.15, 0.2) is 58.1 Å². The molecule has 124 valence electrons. The van der Waals surface area contributed by atoms with E-state index in [0.717, 1.165) is 4.47 Å². The molecule has 2 N–H and O–H groups in total. The molecule has 7 heteroatoms. The van der Waals surface area contributed by atoms with Crippen molar-refractivity contribution >= 4 is 39.6 Å². The van der Waals surface area contributed by atoms with Crippen LogP contribution in [-0.2, 0) is 9.59 Å². The Morgan fingerprint density at radius 2 is 1.83 bits per heavy atom. The number of halogens is 1. The van der Waals surface area contributed by atoms with Gasteiger partial charge in [-0.05, 0) is 43.3 Å². The third-order valence-electron chi connectivity index (χ3n) is 2.90. The highest BCUT2D eigenvalue weighted by atomic mass is 79.9. The van der Waals surface area contributed by atoms with Gasteiger partial charge in [-0.25, -0.2) is 5.43 Å². The summed E-state index contributed by atoms with van der Waals surface area (Å²) in [6.45, 7) is 2.40. The maximum absolute atomic E-state index is 11.8. The molecule has 0 saturated heterocycles. The van der Waals surface area contributed by atoms with Gasteiger partial charge in [0.2, 0.25) is 0 Å². The number of hydrogen-bond donors (Lipinski definition) is 2. The minimum Gasteiger partial charge on any atom is -0.493 e. The Morgan fingerprint density at radius 3 is 2.54 bits per heavy atom. The largest absolute Gasteiger partial charge is 0.493 e. The third-order valence-corrected chi connectivity index (χ3v) is 3.43. The molecule has 0 aliphatic heterocycles. The maximum Gasteiger partial charge on any atom is 0.329 e. The summed E-state index contributed by atoms with van der Waals surface area (Å²) in [7, 11) is 0. The lowest BCUT2D eigenvalue weighted by molar-refractivity contribution is -0.136. The molecular formula is C17H16BrN3O3. The van der Waals surface area contributed by atoms with Crippen LogP contribution >= 0.6 is 15.9 Å². The predicted molar refractivity (Wildman–Crippen MR) is 96.1 cm³/mol. The van der Waals surface area contributed by atoms with Gasteiger partial charge in [0.25, 0.3) is 0 Å². The zero-order valence-electron chi connectivity index (χ0n) is 13.0. The SMILES string of the molecule is CCOc1ccccc1/C=N/NC(=O)C(=O)Nc1ccc(Br)cc1. The van der Waals surface area contributed by atoms with Crippen LogP contribution in [0.2, 0.25) is 0 Å². The number of amides is 2. The van der Waals surface area contributed by atoms with Crippen LogP contribution in [0, 0.1) is 0 Å². The van der Waals surface area contributed by atoms with Crippen molar-refractivity contribution < 1.29 is 14.3 Å². The molecule has 0 aliphatic rings. The van der Waals surface area contributed by atoms with Crippen molar-refractivity contribution in [1.29, 1.82) is 0 Å². The smallest absolute Gasteiger partial charge is 0.329 e. The molecule has 0 heterocycles. The number of nitrogens with one attached hydrogen (secondary N) is 2. The first-order valence-corrected chi connectivity index (χ1v) is 8.01. The lowest BCUT2D eigenvalue weighted by Crippen LogP contribution is -2.32. The van der Waals surface area contributed by atoms with E-state index in [1.165, 1.54) is 6.21 Å². The standard InChI is InChI=1S/C17H16BrN3O3/c1-2-24-15-6-4-3-5-12(15)11-19-21-17(23)16(22)20-14-9-7-13(18)8-10-14/h3-11H,2H2,1H3,(H,20,22)(H,21,23)/b19-11+. The first-order valence-electron chi connectivity index (χ1n) is 7.22. The number of carbonyl (C=O) groups is 2. The highest BCUT2D eigenvalue weighted by Gasteiger charge is 2.12. The van der Waals surface area contributed by atoms with Gasteiger partial charge in [0.05, 0.1) is 12.8 Å². The van der Waals surface area contributed by atoms with Crippen molar-refractivity contribution in [2.45, 2.75) is 6.92 Å². The molecule has 2 aromatic carbocycles. The molecule has 0 spiro atoms. The molecule has 0 bridgehead atoms. The third kappa shape index (κ3) is 5.20. The minimum atomic E-state index is -0.858. The Labute approximate surface area is 148 Å². The van der Waals surface area contributed by atoms with E-state index in [0.29, 0.717) is 23.6 Å². The molecule has 0 fully saturated rings. The number of rotatable bonds is 5. The van der Waals surface area contributed by atoms with Crippen molar-refractivity contribution in [2.75, 3.05) is 11.9 Å². The predicted octanol–water partition coefficient (Wildman–Crippen LogP) is 2.94. The van der Waals surface area contributed by atoms with Crippen molar-refractivity contribution in [3.63, 3.8) is 0 Å². The van der Waals surface area contributed by atoms with Crippen molar-refractivity contribution in [2.24, 2.45) is 5.10 Å². The van der Waals surface area contributed by atoms with E-state index >= 15 is 0 Å². The summed E-state index contributed by atoms with van der Waals surface area (Å²) in [5, 5.41) is 6.27. The summed E-state index contributed by atoms with van der Waals surface area (Å²) in [6.07, 6.45) is 1.43. The summed E-state index contributed by atoms with van der Waals surface area (Å²) in [5.41, 5.74) is 3.40. The topological polar surface area (TPSA) is 79.8 Å². The van der Waals surface area contributed by atoms with E-state index in [-0.39, 0.29) is 0 Å². The lowest BCUT2D eigenvalue weighted by atomic mass is 10.2. The Bertz CT molecular complexity index is 745. The van der Waals surface area contributed by atoms with E-state index in [9.17, 15) is 9.59 Å². The fourth-order valence-corrected chi connectivity index (χ4v) is 2.07. The molecule has 0 radical (unpaired) electrons. The van der Waals surface area contributed by atoms with Crippen molar-refractivity contribution in [1.82, 2.24) is 5.43 Å². The average molecular weight is 390 g/mol. The monoisotopic (exact) mass is 389 g/mol. The van der Waals surface area contributed by atoms with Gasteiger partial charge in [0.1, 0.15) is 5.75 Å². The molecule has 6 nitrogen and oxygen atoms in total. The van der Waals surface area contributed by atoms with E-state index in [2.05, 4.69) is 31.8 Å². The lowest BCUT2D eigenvalue weighted by Gasteiger charge is -2.06. The number of hydrogen-bond acceptors (Lipinski definition) is 4. The summed E-state index contributed by atoms with van der Waals surface area (Å²) in [6, 6.07) is 14.1. The zero-order valence-corrected chi connectivity index (χ0v) is 14.5. The fraction of sp³-hybridized carbons (Fsp3) is 0.118.